The van der Waals surface area contributed by atoms with Crippen molar-refractivity contribution in [2.75, 3.05) is 24.5 Å². The van der Waals surface area contributed by atoms with E-state index in [2.05, 4.69) is 9.97 Å². The summed E-state index contributed by atoms with van der Waals surface area (Å²) in [5, 5.41) is 0.650. The molecule has 2 aliphatic rings. The molecule has 0 bridgehead atoms. The third kappa shape index (κ3) is 3.26. The molecule has 3 heterocycles. The van der Waals surface area contributed by atoms with Gasteiger partial charge in [0.15, 0.2) is 0 Å². The molecule has 0 aliphatic carbocycles. The van der Waals surface area contributed by atoms with Crippen LogP contribution >= 0.6 is 11.6 Å². The summed E-state index contributed by atoms with van der Waals surface area (Å²) in [6.07, 6.45) is 4.85. The van der Waals surface area contributed by atoms with Crippen LogP contribution in [-0.2, 0) is 21.4 Å². The van der Waals surface area contributed by atoms with Gasteiger partial charge in [-0.1, -0.05) is 18.5 Å². The number of carbonyl (C=O) groups excluding carboxylic acids is 2. The van der Waals surface area contributed by atoms with Crippen molar-refractivity contribution in [2.24, 2.45) is 0 Å². The molecule has 2 amide bonds. The van der Waals surface area contributed by atoms with Crippen LogP contribution in [0.1, 0.15) is 36.7 Å². The predicted molar refractivity (Wildman–Crippen MR) is 107 cm³/mol. The number of nitrogens with zero attached hydrogens (tertiary/aromatic N) is 4. The van der Waals surface area contributed by atoms with Crippen LogP contribution in [-0.4, -0.2) is 46.3 Å². The van der Waals surface area contributed by atoms with E-state index >= 15 is 0 Å². The Morgan fingerprint density at radius 2 is 2.00 bits per heavy atom. The van der Waals surface area contributed by atoms with Crippen LogP contribution < -0.4 is 4.90 Å². The number of benzene rings is 1. The van der Waals surface area contributed by atoms with Gasteiger partial charge in [0.25, 0.3) is 0 Å². The number of rotatable bonds is 3. The van der Waals surface area contributed by atoms with Gasteiger partial charge in [0.05, 0.1) is 17.8 Å². The monoisotopic (exact) mass is 398 g/mol. The molecule has 1 aromatic heterocycles. The molecule has 2 aromatic rings. The number of carbonyl (C=O) groups is 2. The maximum atomic E-state index is 13.1. The van der Waals surface area contributed by atoms with Crippen LogP contribution in [0.4, 0.5) is 5.69 Å². The molecule has 0 N–H and O–H groups in total. The first-order valence-corrected chi connectivity index (χ1v) is 9.95. The summed E-state index contributed by atoms with van der Waals surface area (Å²) in [6.45, 7) is 5.65. The van der Waals surface area contributed by atoms with Crippen molar-refractivity contribution in [2.45, 2.75) is 38.5 Å². The lowest BCUT2D eigenvalue weighted by Gasteiger charge is -2.25. The predicted octanol–water partition coefficient (Wildman–Crippen LogP) is 2.91. The number of fused-ring (bicyclic) bond motifs is 2. The zero-order valence-electron chi connectivity index (χ0n) is 16.1. The Bertz CT molecular complexity index is 931. The Hall–Kier alpha value is -2.47. The van der Waals surface area contributed by atoms with Crippen LogP contribution in [0, 0.1) is 6.92 Å². The molecule has 7 heteroatoms. The number of halogens is 1. The third-order valence-electron chi connectivity index (χ3n) is 5.76. The van der Waals surface area contributed by atoms with Crippen LogP contribution in [0.25, 0.3) is 0 Å². The highest BCUT2D eigenvalue weighted by Crippen LogP contribution is 2.47. The molecule has 1 atom stereocenters. The van der Waals surface area contributed by atoms with Gasteiger partial charge in [-0.2, -0.15) is 0 Å². The number of aromatic nitrogens is 2. The van der Waals surface area contributed by atoms with E-state index in [0.29, 0.717) is 36.8 Å². The van der Waals surface area contributed by atoms with E-state index in [9.17, 15) is 9.59 Å². The van der Waals surface area contributed by atoms with Crippen molar-refractivity contribution in [1.82, 2.24) is 14.9 Å². The third-order valence-corrected chi connectivity index (χ3v) is 5.99. The molecular formula is C21H23ClN4O2. The van der Waals surface area contributed by atoms with Gasteiger partial charge in [0.2, 0.25) is 11.8 Å². The fourth-order valence-electron chi connectivity index (χ4n) is 4.28. The van der Waals surface area contributed by atoms with Gasteiger partial charge in [-0.25, -0.2) is 0 Å². The molecule has 1 aromatic carbocycles. The Morgan fingerprint density at radius 3 is 2.71 bits per heavy atom. The zero-order chi connectivity index (χ0) is 19.9. The van der Waals surface area contributed by atoms with E-state index in [-0.39, 0.29) is 23.7 Å². The minimum absolute atomic E-state index is 0.0149. The molecule has 0 radical (unpaired) electrons. The normalized spacial score (nSPS) is 20.7. The zero-order valence-corrected chi connectivity index (χ0v) is 16.9. The number of amides is 2. The summed E-state index contributed by atoms with van der Waals surface area (Å²) in [7, 11) is 0. The fourth-order valence-corrected chi connectivity index (χ4v) is 4.45. The van der Waals surface area contributed by atoms with Gasteiger partial charge in [0.1, 0.15) is 0 Å². The average Bonchev–Trinajstić information content (AvgIpc) is 3.26. The molecule has 146 valence electrons. The van der Waals surface area contributed by atoms with Crippen LogP contribution in [0.15, 0.2) is 30.6 Å². The summed E-state index contributed by atoms with van der Waals surface area (Å²) in [4.78, 5) is 37.6. The summed E-state index contributed by atoms with van der Waals surface area (Å²) in [5.41, 5.74) is 3.18. The Kier molecular flexibility index (Phi) is 4.83. The standard InChI is InChI=1S/C21H23ClN4O2/c1-3-19(27)25-7-6-21(12-25)13-26(18-5-4-15(22)8-17(18)21)20(28)9-16-11-23-14(2)10-24-16/h4-5,8,10-11H,3,6-7,9,12-13H2,1-2H3/t21-/m1/s1. The second-order valence-electron chi connectivity index (χ2n) is 7.67. The lowest BCUT2D eigenvalue weighted by atomic mass is 9.81. The van der Waals surface area contributed by atoms with Crippen molar-refractivity contribution in [3.05, 3.63) is 52.6 Å². The molecule has 1 saturated heterocycles. The van der Waals surface area contributed by atoms with E-state index in [1.54, 1.807) is 12.4 Å². The molecule has 6 nitrogen and oxygen atoms in total. The average molecular weight is 399 g/mol. The first-order valence-electron chi connectivity index (χ1n) is 9.57. The molecule has 1 fully saturated rings. The molecule has 4 rings (SSSR count). The van der Waals surface area contributed by atoms with Gasteiger partial charge < -0.3 is 9.80 Å². The minimum Gasteiger partial charge on any atom is -0.342 e. The summed E-state index contributed by atoms with van der Waals surface area (Å²) in [5.74, 6) is 0.138. The van der Waals surface area contributed by atoms with Crippen LogP contribution in [0.5, 0.6) is 0 Å². The Balaban J connectivity index is 1.63. The fraction of sp³-hybridized carbons (Fsp3) is 0.429. The number of hydrogen-bond donors (Lipinski definition) is 0. The van der Waals surface area contributed by atoms with Crippen molar-refractivity contribution in [3.63, 3.8) is 0 Å². The summed E-state index contributed by atoms with van der Waals surface area (Å²) >= 11 is 6.28. The summed E-state index contributed by atoms with van der Waals surface area (Å²) < 4.78 is 0. The second kappa shape index (κ2) is 7.17. The molecular weight excluding hydrogens is 376 g/mol. The van der Waals surface area contributed by atoms with Gasteiger partial charge in [-0.3, -0.25) is 19.6 Å². The molecule has 0 saturated carbocycles. The van der Waals surface area contributed by atoms with E-state index < -0.39 is 0 Å². The lowest BCUT2D eigenvalue weighted by molar-refractivity contribution is -0.130. The number of anilines is 1. The van der Waals surface area contributed by atoms with Crippen LogP contribution in [0.2, 0.25) is 5.02 Å². The van der Waals surface area contributed by atoms with Gasteiger partial charge in [-0.05, 0) is 37.1 Å². The number of hydrogen-bond acceptors (Lipinski definition) is 4. The molecule has 1 spiro atoms. The maximum Gasteiger partial charge on any atom is 0.233 e. The first-order chi connectivity index (χ1) is 13.4. The van der Waals surface area contributed by atoms with Crippen molar-refractivity contribution >= 4 is 29.1 Å². The Morgan fingerprint density at radius 1 is 1.18 bits per heavy atom. The second-order valence-corrected chi connectivity index (χ2v) is 8.10. The quantitative estimate of drug-likeness (QED) is 0.797. The maximum absolute atomic E-state index is 13.1. The summed E-state index contributed by atoms with van der Waals surface area (Å²) in [6, 6.07) is 5.68. The van der Waals surface area contributed by atoms with Gasteiger partial charge in [-0.15, -0.1) is 0 Å². The van der Waals surface area contributed by atoms with Gasteiger partial charge >= 0.3 is 0 Å². The molecule has 28 heavy (non-hydrogen) atoms. The van der Waals surface area contributed by atoms with Crippen molar-refractivity contribution in [3.8, 4) is 0 Å². The molecule has 0 unspecified atom stereocenters. The van der Waals surface area contributed by atoms with E-state index in [1.807, 2.05) is 41.8 Å². The van der Waals surface area contributed by atoms with Crippen molar-refractivity contribution < 1.29 is 9.59 Å². The van der Waals surface area contributed by atoms with E-state index in [1.165, 1.54) is 0 Å². The van der Waals surface area contributed by atoms with Gasteiger partial charge in [0, 0.05) is 54.6 Å². The SMILES string of the molecule is CCC(=O)N1CC[C@@]2(C1)CN(C(=O)Cc1cnc(C)cn1)c1ccc(Cl)cc12. The highest BCUT2D eigenvalue weighted by atomic mass is 35.5. The number of likely N-dealkylation sites (tertiary alicyclic amines) is 1. The number of aryl methyl sites for hydroxylation is 1. The first kappa shape index (κ1) is 18.9. The Labute approximate surface area is 169 Å². The largest absolute Gasteiger partial charge is 0.342 e. The van der Waals surface area contributed by atoms with E-state index in [4.69, 9.17) is 11.6 Å². The van der Waals surface area contributed by atoms with Crippen LogP contribution in [0.3, 0.4) is 0 Å². The lowest BCUT2D eigenvalue weighted by Crippen LogP contribution is -2.40. The minimum atomic E-state index is -0.250. The van der Waals surface area contributed by atoms with E-state index in [0.717, 1.165) is 23.4 Å². The smallest absolute Gasteiger partial charge is 0.233 e. The highest BCUT2D eigenvalue weighted by molar-refractivity contribution is 6.30. The topological polar surface area (TPSA) is 66.4 Å². The highest BCUT2D eigenvalue weighted by Gasteiger charge is 2.49. The molecule has 2 aliphatic heterocycles. The van der Waals surface area contributed by atoms with Crippen molar-refractivity contribution in [1.29, 1.82) is 0 Å².